The van der Waals surface area contributed by atoms with Crippen LogP contribution in [-0.4, -0.2) is 42.3 Å². The monoisotopic (exact) mass is 302 g/mol. The van der Waals surface area contributed by atoms with Crippen LogP contribution in [-0.2, 0) is 12.7 Å². The van der Waals surface area contributed by atoms with Gasteiger partial charge in [0.15, 0.2) is 0 Å². The van der Waals surface area contributed by atoms with Gasteiger partial charge in [0, 0.05) is 26.2 Å². The lowest BCUT2D eigenvalue weighted by atomic mass is 9.91. The number of hydrogen-bond donors (Lipinski definition) is 2. The largest absolute Gasteiger partial charge is 0.416 e. The average molecular weight is 302 g/mol. The molecule has 0 bridgehead atoms. The van der Waals surface area contributed by atoms with Crippen molar-refractivity contribution in [1.29, 1.82) is 0 Å². The zero-order valence-electron chi connectivity index (χ0n) is 12.1. The Bertz CT molecular complexity index is 468. The number of nitrogens with one attached hydrogen (secondary N) is 1. The van der Waals surface area contributed by atoms with E-state index in [-0.39, 0.29) is 0 Å². The molecule has 21 heavy (non-hydrogen) atoms. The quantitative estimate of drug-likeness (QED) is 0.895. The van der Waals surface area contributed by atoms with Crippen LogP contribution in [0.3, 0.4) is 0 Å². The van der Waals surface area contributed by atoms with E-state index in [0.29, 0.717) is 44.6 Å². The van der Waals surface area contributed by atoms with Gasteiger partial charge in [-0.3, -0.25) is 4.90 Å². The van der Waals surface area contributed by atoms with Crippen LogP contribution < -0.4 is 5.32 Å². The van der Waals surface area contributed by atoms with Gasteiger partial charge in [0.1, 0.15) is 0 Å². The number of rotatable bonds is 4. The molecular formula is C15H21F3N2O. The van der Waals surface area contributed by atoms with E-state index in [1.807, 2.05) is 0 Å². The van der Waals surface area contributed by atoms with Crippen LogP contribution in [0.5, 0.6) is 0 Å². The fourth-order valence-electron chi connectivity index (χ4n) is 2.74. The van der Waals surface area contributed by atoms with Crippen LogP contribution in [0.4, 0.5) is 13.2 Å². The Morgan fingerprint density at radius 2 is 1.95 bits per heavy atom. The van der Waals surface area contributed by atoms with E-state index in [2.05, 4.69) is 10.2 Å². The number of hydrogen-bond acceptors (Lipinski definition) is 3. The zero-order valence-corrected chi connectivity index (χ0v) is 12.1. The van der Waals surface area contributed by atoms with Gasteiger partial charge in [-0.2, -0.15) is 13.2 Å². The Balaban J connectivity index is 1.95. The normalized spacial score (nSPS) is 19.7. The fraction of sp³-hybridized carbons (Fsp3) is 0.600. The summed E-state index contributed by atoms with van der Waals surface area (Å²) in [6.45, 7) is 2.41. The van der Waals surface area contributed by atoms with Crippen molar-refractivity contribution in [2.75, 3.05) is 26.7 Å². The highest BCUT2D eigenvalue weighted by Gasteiger charge is 2.32. The molecule has 6 heteroatoms. The second kappa shape index (κ2) is 6.34. The number of alkyl halides is 3. The Morgan fingerprint density at radius 3 is 2.52 bits per heavy atom. The Kier molecular flexibility index (Phi) is 4.91. The number of halogens is 3. The van der Waals surface area contributed by atoms with Gasteiger partial charge in [-0.05, 0) is 31.5 Å². The van der Waals surface area contributed by atoms with Crippen molar-refractivity contribution in [2.45, 2.75) is 31.2 Å². The van der Waals surface area contributed by atoms with Crippen molar-refractivity contribution in [2.24, 2.45) is 0 Å². The summed E-state index contributed by atoms with van der Waals surface area (Å²) in [7, 11) is 1.80. The van der Waals surface area contributed by atoms with Gasteiger partial charge in [-0.25, -0.2) is 0 Å². The molecule has 0 amide bonds. The van der Waals surface area contributed by atoms with Crippen LogP contribution in [0, 0.1) is 0 Å². The van der Waals surface area contributed by atoms with Gasteiger partial charge in [0.2, 0.25) is 0 Å². The molecule has 0 radical (unpaired) electrons. The molecule has 118 valence electrons. The van der Waals surface area contributed by atoms with E-state index in [9.17, 15) is 18.3 Å². The van der Waals surface area contributed by atoms with Gasteiger partial charge in [-0.1, -0.05) is 18.2 Å². The van der Waals surface area contributed by atoms with Gasteiger partial charge >= 0.3 is 6.18 Å². The van der Waals surface area contributed by atoms with Crippen molar-refractivity contribution >= 4 is 0 Å². The van der Waals surface area contributed by atoms with Crippen molar-refractivity contribution in [3.05, 3.63) is 35.4 Å². The maximum Gasteiger partial charge on any atom is 0.416 e. The fourth-order valence-corrected chi connectivity index (χ4v) is 2.74. The molecule has 0 unspecified atom stereocenters. The minimum absolute atomic E-state index is 0.486. The van der Waals surface area contributed by atoms with Gasteiger partial charge in [0.25, 0.3) is 0 Å². The van der Waals surface area contributed by atoms with Gasteiger partial charge in [0.05, 0.1) is 11.2 Å². The highest BCUT2D eigenvalue weighted by Crippen LogP contribution is 2.30. The number of nitrogens with zero attached hydrogens (tertiary/aromatic N) is 1. The third-order valence-corrected chi connectivity index (χ3v) is 3.95. The summed E-state index contributed by atoms with van der Waals surface area (Å²) in [6, 6.07) is 5.45. The van der Waals surface area contributed by atoms with E-state index in [0.717, 1.165) is 6.07 Å². The SMILES string of the molecule is CNCC1(O)CCN(Cc2cccc(C(F)(F)F)c2)CC1. The Labute approximate surface area is 122 Å². The molecule has 0 aliphatic carbocycles. The van der Waals surface area contributed by atoms with Crippen LogP contribution >= 0.6 is 0 Å². The first-order valence-corrected chi connectivity index (χ1v) is 7.08. The summed E-state index contributed by atoms with van der Waals surface area (Å²) in [4.78, 5) is 2.08. The van der Waals surface area contributed by atoms with E-state index in [1.54, 1.807) is 13.1 Å². The second-order valence-corrected chi connectivity index (χ2v) is 5.73. The van der Waals surface area contributed by atoms with Crippen molar-refractivity contribution < 1.29 is 18.3 Å². The first-order valence-electron chi connectivity index (χ1n) is 7.08. The molecule has 1 saturated heterocycles. The number of likely N-dealkylation sites (N-methyl/N-ethyl adjacent to an activating group) is 1. The second-order valence-electron chi connectivity index (χ2n) is 5.73. The van der Waals surface area contributed by atoms with E-state index in [1.165, 1.54) is 12.1 Å². The third kappa shape index (κ3) is 4.43. The molecule has 0 atom stereocenters. The minimum atomic E-state index is -4.30. The predicted octanol–water partition coefficient (Wildman–Crippen LogP) is 2.25. The lowest BCUT2D eigenvalue weighted by molar-refractivity contribution is -0.137. The minimum Gasteiger partial charge on any atom is -0.388 e. The highest BCUT2D eigenvalue weighted by molar-refractivity contribution is 5.25. The molecule has 1 aromatic carbocycles. The smallest absolute Gasteiger partial charge is 0.388 e. The molecule has 1 fully saturated rings. The molecule has 1 aromatic rings. The highest BCUT2D eigenvalue weighted by atomic mass is 19.4. The molecule has 0 spiro atoms. The lowest BCUT2D eigenvalue weighted by Gasteiger charge is -2.38. The molecule has 1 aliphatic rings. The Hall–Kier alpha value is -1.11. The topological polar surface area (TPSA) is 35.5 Å². The van der Waals surface area contributed by atoms with E-state index >= 15 is 0 Å². The Morgan fingerprint density at radius 1 is 1.29 bits per heavy atom. The van der Waals surface area contributed by atoms with E-state index < -0.39 is 17.3 Å². The van der Waals surface area contributed by atoms with Crippen LogP contribution in [0.25, 0.3) is 0 Å². The van der Waals surface area contributed by atoms with Crippen molar-refractivity contribution in [1.82, 2.24) is 10.2 Å². The van der Waals surface area contributed by atoms with Crippen LogP contribution in [0.2, 0.25) is 0 Å². The first kappa shape index (κ1) is 16.3. The average Bonchev–Trinajstić information content (AvgIpc) is 2.41. The first-order chi connectivity index (χ1) is 9.82. The molecule has 3 nitrogen and oxygen atoms in total. The molecule has 0 saturated carbocycles. The lowest BCUT2D eigenvalue weighted by Crippen LogP contribution is -2.49. The molecular weight excluding hydrogens is 281 g/mol. The van der Waals surface area contributed by atoms with Crippen molar-refractivity contribution in [3.63, 3.8) is 0 Å². The summed E-state index contributed by atoms with van der Waals surface area (Å²) in [5.74, 6) is 0. The number of aliphatic hydroxyl groups is 1. The third-order valence-electron chi connectivity index (χ3n) is 3.95. The molecule has 2 rings (SSSR count). The number of benzene rings is 1. The summed E-state index contributed by atoms with van der Waals surface area (Å²) in [5, 5.41) is 13.2. The van der Waals surface area contributed by atoms with Gasteiger partial charge < -0.3 is 10.4 Å². The van der Waals surface area contributed by atoms with Crippen LogP contribution in [0.1, 0.15) is 24.0 Å². The maximum atomic E-state index is 12.7. The summed E-state index contributed by atoms with van der Waals surface area (Å²) >= 11 is 0. The van der Waals surface area contributed by atoms with Crippen LogP contribution in [0.15, 0.2) is 24.3 Å². The summed E-state index contributed by atoms with van der Waals surface area (Å²) < 4.78 is 38.0. The maximum absolute atomic E-state index is 12.7. The summed E-state index contributed by atoms with van der Waals surface area (Å²) in [6.07, 6.45) is -3.04. The molecule has 2 N–H and O–H groups in total. The number of piperidine rings is 1. The number of likely N-dealkylation sites (tertiary alicyclic amines) is 1. The zero-order chi connectivity index (χ0) is 15.5. The molecule has 0 aromatic heterocycles. The standard InChI is InChI=1S/C15H21F3N2O/c1-19-11-14(21)5-7-20(8-6-14)10-12-3-2-4-13(9-12)15(16,17)18/h2-4,9,19,21H,5-8,10-11H2,1H3. The molecule has 1 heterocycles. The molecule has 1 aliphatic heterocycles. The van der Waals surface area contributed by atoms with E-state index in [4.69, 9.17) is 0 Å². The van der Waals surface area contributed by atoms with Gasteiger partial charge in [-0.15, -0.1) is 0 Å². The van der Waals surface area contributed by atoms with Crippen molar-refractivity contribution in [3.8, 4) is 0 Å². The predicted molar refractivity (Wildman–Crippen MR) is 74.8 cm³/mol. The summed E-state index contributed by atoms with van der Waals surface area (Å²) in [5.41, 5.74) is -0.647.